The molecule has 2 nitrogen and oxygen atoms in total. The Kier molecular flexibility index (Phi) is 5.50. The fraction of sp³-hybridized carbons (Fsp3) is 0.312. The number of nitrogens with one attached hydrogen (secondary N) is 1. The van der Waals surface area contributed by atoms with Crippen molar-refractivity contribution < 1.29 is 4.39 Å². The molecule has 0 saturated carbocycles. The second-order valence-electron chi connectivity index (χ2n) is 4.71. The molecule has 0 bridgehead atoms. The van der Waals surface area contributed by atoms with Crippen molar-refractivity contribution in [2.24, 2.45) is 0 Å². The van der Waals surface area contributed by atoms with Gasteiger partial charge in [0.25, 0.3) is 0 Å². The number of benzene rings is 1. The summed E-state index contributed by atoms with van der Waals surface area (Å²) in [5.41, 5.74) is 1.73. The molecular weight excluding hydrogens is 275 g/mol. The third kappa shape index (κ3) is 3.78. The molecular formula is C16H18ClFN2. The van der Waals surface area contributed by atoms with Crippen LogP contribution in [0.5, 0.6) is 0 Å². The lowest BCUT2D eigenvalue weighted by Gasteiger charge is -2.20. The van der Waals surface area contributed by atoms with E-state index in [0.29, 0.717) is 12.0 Å². The number of hydrogen-bond acceptors (Lipinski definition) is 2. The van der Waals surface area contributed by atoms with Crippen molar-refractivity contribution in [1.29, 1.82) is 0 Å². The van der Waals surface area contributed by atoms with Gasteiger partial charge in [0.15, 0.2) is 0 Å². The lowest BCUT2D eigenvalue weighted by atomic mass is 9.99. The summed E-state index contributed by atoms with van der Waals surface area (Å²) >= 11 is 5.88. The molecule has 0 amide bonds. The van der Waals surface area contributed by atoms with Gasteiger partial charge >= 0.3 is 0 Å². The quantitative estimate of drug-likeness (QED) is 0.865. The molecule has 106 valence electrons. The topological polar surface area (TPSA) is 24.9 Å². The van der Waals surface area contributed by atoms with E-state index < -0.39 is 0 Å². The molecule has 0 aliphatic carbocycles. The SMILES string of the molecule is CCCNC(Cc1ccncc1)c1cccc(Cl)c1F. The predicted octanol–water partition coefficient (Wildman–Crippen LogP) is 4.16. The number of hydrogen-bond donors (Lipinski definition) is 1. The molecule has 0 spiro atoms. The van der Waals surface area contributed by atoms with Crippen LogP contribution in [0, 0.1) is 5.82 Å². The van der Waals surface area contributed by atoms with E-state index >= 15 is 0 Å². The van der Waals surface area contributed by atoms with E-state index in [9.17, 15) is 4.39 Å². The Morgan fingerprint density at radius 3 is 2.70 bits per heavy atom. The average Bonchev–Trinajstić information content (AvgIpc) is 2.48. The highest BCUT2D eigenvalue weighted by molar-refractivity contribution is 6.30. The maximum absolute atomic E-state index is 14.2. The van der Waals surface area contributed by atoms with Crippen LogP contribution in [0.3, 0.4) is 0 Å². The van der Waals surface area contributed by atoms with Gasteiger partial charge in [0.05, 0.1) is 5.02 Å². The van der Waals surface area contributed by atoms with Crippen LogP contribution in [-0.2, 0) is 6.42 Å². The lowest BCUT2D eigenvalue weighted by Crippen LogP contribution is -2.25. The van der Waals surface area contributed by atoms with Gasteiger partial charge < -0.3 is 5.32 Å². The molecule has 2 aromatic rings. The minimum Gasteiger partial charge on any atom is -0.310 e. The summed E-state index contributed by atoms with van der Waals surface area (Å²) < 4.78 is 14.2. The Morgan fingerprint density at radius 1 is 1.25 bits per heavy atom. The molecule has 1 aromatic heterocycles. The van der Waals surface area contributed by atoms with Crippen LogP contribution >= 0.6 is 11.6 Å². The van der Waals surface area contributed by atoms with Gasteiger partial charge in [0.1, 0.15) is 5.82 Å². The zero-order chi connectivity index (χ0) is 14.4. The van der Waals surface area contributed by atoms with Crippen LogP contribution in [0.2, 0.25) is 5.02 Å². The molecule has 0 aliphatic rings. The fourth-order valence-electron chi connectivity index (χ4n) is 2.15. The largest absolute Gasteiger partial charge is 0.310 e. The molecule has 2 rings (SSSR count). The number of nitrogens with zero attached hydrogens (tertiary/aromatic N) is 1. The highest BCUT2D eigenvalue weighted by Crippen LogP contribution is 2.25. The fourth-order valence-corrected chi connectivity index (χ4v) is 2.34. The van der Waals surface area contributed by atoms with E-state index in [1.807, 2.05) is 12.1 Å². The Hall–Kier alpha value is -1.45. The average molecular weight is 293 g/mol. The first-order chi connectivity index (χ1) is 9.72. The van der Waals surface area contributed by atoms with Crippen molar-refractivity contribution in [3.63, 3.8) is 0 Å². The molecule has 1 unspecified atom stereocenters. The van der Waals surface area contributed by atoms with Crippen LogP contribution in [0.15, 0.2) is 42.7 Å². The number of halogens is 2. The molecule has 1 atom stereocenters. The van der Waals surface area contributed by atoms with Crippen LogP contribution in [0.25, 0.3) is 0 Å². The van der Waals surface area contributed by atoms with Crippen molar-refractivity contribution in [3.8, 4) is 0 Å². The third-order valence-corrected chi connectivity index (χ3v) is 3.48. The second kappa shape index (κ2) is 7.36. The van der Waals surface area contributed by atoms with Crippen molar-refractivity contribution in [3.05, 3.63) is 64.7 Å². The number of pyridine rings is 1. The zero-order valence-corrected chi connectivity index (χ0v) is 12.2. The molecule has 0 fully saturated rings. The lowest BCUT2D eigenvalue weighted by molar-refractivity contribution is 0.497. The molecule has 0 aliphatic heterocycles. The standard InChI is InChI=1S/C16H18ClFN2/c1-2-8-20-15(11-12-6-9-19-10-7-12)13-4-3-5-14(17)16(13)18/h3-7,9-10,15,20H,2,8,11H2,1H3. The molecule has 0 radical (unpaired) electrons. The highest BCUT2D eigenvalue weighted by Gasteiger charge is 2.17. The Labute approximate surface area is 124 Å². The summed E-state index contributed by atoms with van der Waals surface area (Å²) in [6.07, 6.45) is 5.20. The maximum Gasteiger partial charge on any atom is 0.146 e. The zero-order valence-electron chi connectivity index (χ0n) is 11.4. The minimum atomic E-state index is -0.336. The molecule has 1 N–H and O–H groups in total. The summed E-state index contributed by atoms with van der Waals surface area (Å²) in [5.74, 6) is -0.336. The van der Waals surface area contributed by atoms with E-state index in [1.165, 1.54) is 0 Å². The van der Waals surface area contributed by atoms with Crippen molar-refractivity contribution in [2.45, 2.75) is 25.8 Å². The van der Waals surface area contributed by atoms with Crippen molar-refractivity contribution >= 4 is 11.6 Å². The van der Waals surface area contributed by atoms with Gasteiger partial charge in [0.2, 0.25) is 0 Å². The van der Waals surface area contributed by atoms with Crippen LogP contribution in [0.4, 0.5) is 4.39 Å². The molecule has 4 heteroatoms. The minimum absolute atomic E-state index is 0.0870. The first-order valence-electron chi connectivity index (χ1n) is 6.78. The van der Waals surface area contributed by atoms with Gasteiger partial charge in [-0.3, -0.25) is 4.98 Å². The third-order valence-electron chi connectivity index (χ3n) is 3.19. The van der Waals surface area contributed by atoms with E-state index in [-0.39, 0.29) is 16.9 Å². The Morgan fingerprint density at radius 2 is 2.00 bits per heavy atom. The van der Waals surface area contributed by atoms with Gasteiger partial charge in [-0.05, 0) is 43.1 Å². The number of aromatic nitrogens is 1. The molecule has 20 heavy (non-hydrogen) atoms. The van der Waals surface area contributed by atoms with Gasteiger partial charge in [-0.25, -0.2) is 4.39 Å². The second-order valence-corrected chi connectivity index (χ2v) is 5.12. The van der Waals surface area contributed by atoms with Gasteiger partial charge in [0, 0.05) is 24.0 Å². The molecule has 1 aromatic carbocycles. The first kappa shape index (κ1) is 14.9. The maximum atomic E-state index is 14.2. The van der Waals surface area contributed by atoms with Crippen LogP contribution < -0.4 is 5.32 Å². The van der Waals surface area contributed by atoms with Gasteiger partial charge in [-0.15, -0.1) is 0 Å². The van der Waals surface area contributed by atoms with Gasteiger partial charge in [-0.2, -0.15) is 0 Å². The predicted molar refractivity (Wildman–Crippen MR) is 80.4 cm³/mol. The van der Waals surface area contributed by atoms with E-state index in [2.05, 4.69) is 17.2 Å². The van der Waals surface area contributed by atoms with Crippen LogP contribution in [-0.4, -0.2) is 11.5 Å². The summed E-state index contributed by atoms with van der Waals surface area (Å²) in [5, 5.41) is 3.55. The summed E-state index contributed by atoms with van der Waals surface area (Å²) in [6, 6.07) is 8.95. The van der Waals surface area contributed by atoms with E-state index in [1.54, 1.807) is 30.6 Å². The van der Waals surface area contributed by atoms with Crippen molar-refractivity contribution in [2.75, 3.05) is 6.54 Å². The monoisotopic (exact) mass is 292 g/mol. The summed E-state index contributed by atoms with van der Waals surface area (Å²) in [7, 11) is 0. The molecule has 0 saturated heterocycles. The Bertz CT molecular complexity index is 545. The van der Waals surface area contributed by atoms with Crippen molar-refractivity contribution in [1.82, 2.24) is 10.3 Å². The van der Waals surface area contributed by atoms with E-state index in [0.717, 1.165) is 18.5 Å². The first-order valence-corrected chi connectivity index (χ1v) is 7.16. The number of rotatable bonds is 6. The Balaban J connectivity index is 2.25. The molecule has 1 heterocycles. The normalized spacial score (nSPS) is 12.3. The smallest absolute Gasteiger partial charge is 0.146 e. The highest BCUT2D eigenvalue weighted by atomic mass is 35.5. The summed E-state index contributed by atoms with van der Waals surface area (Å²) in [6.45, 7) is 2.92. The van der Waals surface area contributed by atoms with Gasteiger partial charge in [-0.1, -0.05) is 30.7 Å². The summed E-state index contributed by atoms with van der Waals surface area (Å²) in [4.78, 5) is 4.00. The van der Waals surface area contributed by atoms with Crippen LogP contribution in [0.1, 0.15) is 30.5 Å². The van der Waals surface area contributed by atoms with E-state index in [4.69, 9.17) is 11.6 Å².